The van der Waals surface area contributed by atoms with Gasteiger partial charge in [0.15, 0.2) is 5.13 Å². The van der Waals surface area contributed by atoms with Crippen LogP contribution in [0, 0.1) is 11.7 Å². The molecule has 1 aromatic carbocycles. The van der Waals surface area contributed by atoms with Crippen molar-refractivity contribution in [3.63, 3.8) is 0 Å². The van der Waals surface area contributed by atoms with Gasteiger partial charge in [-0.05, 0) is 30.5 Å². The Morgan fingerprint density at radius 1 is 1.35 bits per heavy atom. The van der Waals surface area contributed by atoms with E-state index in [9.17, 15) is 14.0 Å². The Balaban J connectivity index is 2.10. The maximum absolute atomic E-state index is 14.0. The molecule has 0 aliphatic rings. The molecule has 0 saturated carbocycles. The van der Waals surface area contributed by atoms with Gasteiger partial charge < -0.3 is 5.32 Å². The van der Waals surface area contributed by atoms with E-state index in [-0.39, 0.29) is 17.5 Å². The molecule has 138 valence electrons. The molecule has 1 heterocycles. The summed E-state index contributed by atoms with van der Waals surface area (Å²) >= 11 is 1.21. The van der Waals surface area contributed by atoms with Crippen LogP contribution < -0.4 is 10.2 Å². The largest absolute Gasteiger partial charge is 0.353 e. The van der Waals surface area contributed by atoms with Gasteiger partial charge in [-0.2, -0.15) is 0 Å². The summed E-state index contributed by atoms with van der Waals surface area (Å²) < 4.78 is 14.0. The van der Waals surface area contributed by atoms with Crippen LogP contribution in [0.1, 0.15) is 32.9 Å². The molecule has 1 aromatic heterocycles. The Morgan fingerprint density at radius 2 is 2.08 bits per heavy atom. The molecule has 0 atom stereocenters. The minimum atomic E-state index is -0.500. The van der Waals surface area contributed by atoms with Crippen molar-refractivity contribution >= 4 is 40.0 Å². The van der Waals surface area contributed by atoms with E-state index in [4.69, 9.17) is 0 Å². The van der Waals surface area contributed by atoms with Gasteiger partial charge in [0, 0.05) is 24.9 Å². The van der Waals surface area contributed by atoms with E-state index in [1.165, 1.54) is 41.4 Å². The molecule has 0 saturated heterocycles. The maximum Gasteiger partial charge on any atom is 0.244 e. The number of nitrogens with zero attached hydrogens (tertiary/aromatic N) is 2. The lowest BCUT2D eigenvalue weighted by molar-refractivity contribution is -0.117. The van der Waals surface area contributed by atoms with Gasteiger partial charge in [-0.25, -0.2) is 9.37 Å². The van der Waals surface area contributed by atoms with Crippen molar-refractivity contribution in [1.82, 2.24) is 10.3 Å². The van der Waals surface area contributed by atoms with Crippen molar-refractivity contribution in [2.24, 2.45) is 5.92 Å². The number of amides is 2. The molecule has 26 heavy (non-hydrogen) atoms. The fraction of sp³-hybridized carbons (Fsp3) is 0.316. The Bertz CT molecular complexity index is 802. The number of carbonyl (C=O) groups excluding carboxylic acids is 2. The smallest absolute Gasteiger partial charge is 0.244 e. The average molecular weight is 375 g/mol. The zero-order valence-corrected chi connectivity index (χ0v) is 15.8. The van der Waals surface area contributed by atoms with Crippen LogP contribution in [0.4, 0.5) is 15.2 Å². The summed E-state index contributed by atoms with van der Waals surface area (Å²) in [4.78, 5) is 29.3. The van der Waals surface area contributed by atoms with Gasteiger partial charge in [0.25, 0.3) is 0 Å². The third-order valence-electron chi connectivity index (χ3n) is 3.54. The van der Waals surface area contributed by atoms with E-state index in [1.54, 1.807) is 23.6 Å². The average Bonchev–Trinajstić information content (AvgIpc) is 3.03. The van der Waals surface area contributed by atoms with Crippen molar-refractivity contribution in [3.05, 3.63) is 47.2 Å². The number of hydrogen-bond acceptors (Lipinski definition) is 4. The number of benzene rings is 1. The first kappa shape index (κ1) is 19.8. The van der Waals surface area contributed by atoms with Crippen LogP contribution >= 0.6 is 11.3 Å². The highest BCUT2D eigenvalue weighted by atomic mass is 32.1. The molecule has 0 aliphatic carbocycles. The molecule has 2 aromatic rings. The number of nitrogens with one attached hydrogen (secondary N) is 1. The van der Waals surface area contributed by atoms with Crippen molar-refractivity contribution in [2.75, 3.05) is 11.4 Å². The lowest BCUT2D eigenvalue weighted by Crippen LogP contribution is -2.23. The summed E-state index contributed by atoms with van der Waals surface area (Å²) in [5.41, 5.74) is 0.683. The summed E-state index contributed by atoms with van der Waals surface area (Å²) in [6, 6.07) is 6.03. The molecule has 2 rings (SSSR count). The van der Waals surface area contributed by atoms with Gasteiger partial charge in [-0.3, -0.25) is 14.5 Å². The van der Waals surface area contributed by atoms with Gasteiger partial charge in [0.05, 0.1) is 11.4 Å². The minimum Gasteiger partial charge on any atom is -0.353 e. The molecule has 0 fully saturated rings. The SMILES string of the molecule is CC(=O)N(c1nc(/C=C/C(=O)NCCC(C)C)cs1)c1ccccc1F. The van der Waals surface area contributed by atoms with E-state index in [2.05, 4.69) is 24.1 Å². The Labute approximate surface area is 156 Å². The predicted molar refractivity (Wildman–Crippen MR) is 103 cm³/mol. The molecule has 0 unspecified atom stereocenters. The zero-order valence-electron chi connectivity index (χ0n) is 15.0. The first-order valence-electron chi connectivity index (χ1n) is 8.35. The van der Waals surface area contributed by atoms with E-state index in [0.29, 0.717) is 23.3 Å². The van der Waals surface area contributed by atoms with E-state index in [0.717, 1.165) is 6.42 Å². The topological polar surface area (TPSA) is 62.3 Å². The number of carbonyl (C=O) groups is 2. The zero-order chi connectivity index (χ0) is 19.1. The number of thiazole rings is 1. The number of hydrogen-bond donors (Lipinski definition) is 1. The van der Waals surface area contributed by atoms with Gasteiger partial charge in [0.2, 0.25) is 11.8 Å². The fourth-order valence-electron chi connectivity index (χ4n) is 2.20. The van der Waals surface area contributed by atoms with Crippen molar-refractivity contribution < 1.29 is 14.0 Å². The third-order valence-corrected chi connectivity index (χ3v) is 4.38. The lowest BCUT2D eigenvalue weighted by Gasteiger charge is -2.18. The van der Waals surface area contributed by atoms with E-state index < -0.39 is 5.82 Å². The molecule has 7 heteroatoms. The predicted octanol–water partition coefficient (Wildman–Crippen LogP) is 4.14. The molecular formula is C19H22FN3O2S. The maximum atomic E-state index is 14.0. The number of aromatic nitrogens is 1. The van der Waals surface area contributed by atoms with Gasteiger partial charge in [-0.15, -0.1) is 11.3 Å². The standard InChI is InChI=1S/C19H22FN3O2S/c1-13(2)10-11-21-18(25)9-8-15-12-26-19(22-15)23(14(3)24)17-7-5-4-6-16(17)20/h4-9,12-13H,10-11H2,1-3H3,(H,21,25)/b9-8+. The molecule has 0 radical (unpaired) electrons. The number of anilines is 2. The fourth-order valence-corrected chi connectivity index (χ4v) is 3.05. The highest BCUT2D eigenvalue weighted by Gasteiger charge is 2.20. The van der Waals surface area contributed by atoms with Crippen molar-refractivity contribution in [3.8, 4) is 0 Å². The van der Waals surface area contributed by atoms with Crippen LogP contribution in [0.25, 0.3) is 6.08 Å². The van der Waals surface area contributed by atoms with Gasteiger partial charge >= 0.3 is 0 Å². The highest BCUT2D eigenvalue weighted by molar-refractivity contribution is 7.14. The number of para-hydroxylation sites is 1. The van der Waals surface area contributed by atoms with Gasteiger partial charge in [0.1, 0.15) is 5.82 Å². The van der Waals surface area contributed by atoms with Crippen LogP contribution in [-0.4, -0.2) is 23.3 Å². The molecule has 1 N–H and O–H groups in total. The van der Waals surface area contributed by atoms with Gasteiger partial charge in [-0.1, -0.05) is 26.0 Å². The molecule has 0 bridgehead atoms. The molecular weight excluding hydrogens is 353 g/mol. The summed E-state index contributed by atoms with van der Waals surface area (Å²) in [5.74, 6) is -0.514. The first-order chi connectivity index (χ1) is 12.4. The van der Waals surface area contributed by atoms with Crippen LogP contribution in [0.5, 0.6) is 0 Å². The van der Waals surface area contributed by atoms with Crippen LogP contribution in [0.3, 0.4) is 0 Å². The second kappa shape index (κ2) is 9.24. The lowest BCUT2D eigenvalue weighted by atomic mass is 10.1. The Kier molecular flexibility index (Phi) is 7.03. The first-order valence-corrected chi connectivity index (χ1v) is 9.23. The van der Waals surface area contributed by atoms with E-state index >= 15 is 0 Å². The third kappa shape index (κ3) is 5.49. The number of halogens is 1. The normalized spacial score (nSPS) is 11.1. The monoisotopic (exact) mass is 375 g/mol. The summed E-state index contributed by atoms with van der Waals surface area (Å²) in [6.45, 7) is 6.16. The number of rotatable bonds is 7. The Hall–Kier alpha value is -2.54. The van der Waals surface area contributed by atoms with Crippen LogP contribution in [0.15, 0.2) is 35.7 Å². The quantitative estimate of drug-likeness (QED) is 0.740. The Morgan fingerprint density at radius 3 is 2.73 bits per heavy atom. The highest BCUT2D eigenvalue weighted by Crippen LogP contribution is 2.30. The van der Waals surface area contributed by atoms with Crippen LogP contribution in [-0.2, 0) is 9.59 Å². The molecule has 2 amide bonds. The second-order valence-corrected chi connectivity index (χ2v) is 7.00. The second-order valence-electron chi connectivity index (χ2n) is 6.17. The van der Waals surface area contributed by atoms with Crippen molar-refractivity contribution in [1.29, 1.82) is 0 Å². The summed E-state index contributed by atoms with van der Waals surface area (Å²) in [6.07, 6.45) is 3.89. The van der Waals surface area contributed by atoms with Crippen molar-refractivity contribution in [2.45, 2.75) is 27.2 Å². The molecule has 5 nitrogen and oxygen atoms in total. The van der Waals surface area contributed by atoms with Crippen LogP contribution in [0.2, 0.25) is 0 Å². The summed E-state index contributed by atoms with van der Waals surface area (Å²) in [7, 11) is 0. The molecule has 0 spiro atoms. The molecule has 0 aliphatic heterocycles. The summed E-state index contributed by atoms with van der Waals surface area (Å²) in [5, 5.41) is 4.86. The minimum absolute atomic E-state index is 0.149. The van der Waals surface area contributed by atoms with E-state index in [1.807, 2.05) is 0 Å².